The molecule has 0 radical (unpaired) electrons. The van der Waals surface area contributed by atoms with E-state index in [0.29, 0.717) is 0 Å². The van der Waals surface area contributed by atoms with Gasteiger partial charge in [-0.2, -0.15) is 0 Å². The second kappa shape index (κ2) is 6.56. The molecule has 0 heterocycles. The third kappa shape index (κ3) is 3.52. The SMILES string of the molecule is CNC(=O)c1ccccc1NS(=O)(=O)c1cc(Cl)ccc1Cl. The first-order valence-corrected chi connectivity index (χ1v) is 8.38. The Labute approximate surface area is 138 Å². The number of rotatable bonds is 4. The predicted molar refractivity (Wildman–Crippen MR) is 87.1 cm³/mol. The molecular formula is C14H12Cl2N2O3S. The van der Waals surface area contributed by atoms with Crippen LogP contribution in [-0.2, 0) is 10.0 Å². The molecule has 0 atom stereocenters. The standard InChI is InChI=1S/C14H12Cl2N2O3S/c1-17-14(19)10-4-2-3-5-12(10)18-22(20,21)13-8-9(15)6-7-11(13)16/h2-8,18H,1H3,(H,17,19). The van der Waals surface area contributed by atoms with Crippen LogP contribution >= 0.6 is 23.2 Å². The van der Waals surface area contributed by atoms with E-state index in [1.807, 2.05) is 0 Å². The van der Waals surface area contributed by atoms with Crippen LogP contribution in [0.5, 0.6) is 0 Å². The lowest BCUT2D eigenvalue weighted by atomic mass is 10.2. The first-order chi connectivity index (χ1) is 10.3. The quantitative estimate of drug-likeness (QED) is 0.881. The van der Waals surface area contributed by atoms with Crippen molar-refractivity contribution in [2.45, 2.75) is 4.90 Å². The molecule has 2 N–H and O–H groups in total. The summed E-state index contributed by atoms with van der Waals surface area (Å²) in [5.74, 6) is -0.407. The third-order valence-electron chi connectivity index (χ3n) is 2.83. The number of halogens is 2. The molecule has 1 amide bonds. The molecule has 0 saturated heterocycles. The summed E-state index contributed by atoms with van der Waals surface area (Å²) in [5, 5.41) is 2.72. The molecule has 0 aliphatic carbocycles. The van der Waals surface area contributed by atoms with Gasteiger partial charge in [-0.3, -0.25) is 9.52 Å². The average Bonchev–Trinajstić information content (AvgIpc) is 2.49. The smallest absolute Gasteiger partial charge is 0.263 e. The van der Waals surface area contributed by atoms with Crippen LogP contribution in [-0.4, -0.2) is 21.4 Å². The molecule has 116 valence electrons. The molecule has 2 aromatic carbocycles. The summed E-state index contributed by atoms with van der Waals surface area (Å²) in [7, 11) is -2.52. The minimum atomic E-state index is -3.98. The van der Waals surface area contributed by atoms with Crippen molar-refractivity contribution < 1.29 is 13.2 Å². The Morgan fingerprint density at radius 1 is 1.09 bits per heavy atom. The molecule has 0 saturated carbocycles. The fourth-order valence-electron chi connectivity index (χ4n) is 1.79. The highest BCUT2D eigenvalue weighted by Crippen LogP contribution is 2.27. The Hall–Kier alpha value is -1.76. The number of anilines is 1. The highest BCUT2D eigenvalue weighted by atomic mass is 35.5. The van der Waals surface area contributed by atoms with Gasteiger partial charge in [-0.15, -0.1) is 0 Å². The van der Waals surface area contributed by atoms with Crippen molar-refractivity contribution in [2.24, 2.45) is 0 Å². The predicted octanol–water partition coefficient (Wildman–Crippen LogP) is 3.15. The number of hydrogen-bond acceptors (Lipinski definition) is 3. The topological polar surface area (TPSA) is 75.3 Å². The van der Waals surface area contributed by atoms with E-state index in [1.54, 1.807) is 12.1 Å². The summed E-state index contributed by atoms with van der Waals surface area (Å²) >= 11 is 11.7. The van der Waals surface area contributed by atoms with Crippen LogP contribution in [0, 0.1) is 0 Å². The van der Waals surface area contributed by atoms with Crippen LogP contribution in [0.25, 0.3) is 0 Å². The Morgan fingerprint density at radius 2 is 1.77 bits per heavy atom. The summed E-state index contributed by atoms with van der Waals surface area (Å²) in [6.07, 6.45) is 0. The van der Waals surface area contributed by atoms with Gasteiger partial charge in [-0.1, -0.05) is 35.3 Å². The zero-order chi connectivity index (χ0) is 16.3. The first-order valence-electron chi connectivity index (χ1n) is 6.14. The largest absolute Gasteiger partial charge is 0.355 e. The molecule has 0 spiro atoms. The number of sulfonamides is 1. The van der Waals surface area contributed by atoms with Crippen molar-refractivity contribution in [1.29, 1.82) is 0 Å². The minimum absolute atomic E-state index is 0.0364. The van der Waals surface area contributed by atoms with Crippen LogP contribution in [0.3, 0.4) is 0 Å². The van der Waals surface area contributed by atoms with Gasteiger partial charge in [-0.05, 0) is 30.3 Å². The minimum Gasteiger partial charge on any atom is -0.355 e. The number of hydrogen-bond donors (Lipinski definition) is 2. The maximum Gasteiger partial charge on any atom is 0.263 e. The van der Waals surface area contributed by atoms with Gasteiger partial charge in [0.1, 0.15) is 4.90 Å². The highest BCUT2D eigenvalue weighted by Gasteiger charge is 2.21. The first kappa shape index (κ1) is 16.6. The zero-order valence-electron chi connectivity index (χ0n) is 11.4. The van der Waals surface area contributed by atoms with Gasteiger partial charge >= 0.3 is 0 Å². The fraction of sp³-hybridized carbons (Fsp3) is 0.0714. The van der Waals surface area contributed by atoms with Crippen molar-refractivity contribution in [3.63, 3.8) is 0 Å². The number of nitrogens with one attached hydrogen (secondary N) is 2. The van der Waals surface area contributed by atoms with E-state index in [9.17, 15) is 13.2 Å². The summed E-state index contributed by atoms with van der Waals surface area (Å²) < 4.78 is 27.3. The number of para-hydroxylation sites is 1. The molecule has 0 aromatic heterocycles. The number of benzene rings is 2. The van der Waals surface area contributed by atoms with Crippen molar-refractivity contribution in [2.75, 3.05) is 11.8 Å². The van der Waals surface area contributed by atoms with Gasteiger partial charge in [0.2, 0.25) is 0 Å². The van der Waals surface area contributed by atoms with Crippen LogP contribution in [0.2, 0.25) is 10.0 Å². The molecular weight excluding hydrogens is 347 g/mol. The molecule has 22 heavy (non-hydrogen) atoms. The molecule has 5 nitrogen and oxygen atoms in total. The van der Waals surface area contributed by atoms with Crippen molar-refractivity contribution >= 4 is 44.8 Å². The van der Waals surface area contributed by atoms with Crippen molar-refractivity contribution in [1.82, 2.24) is 5.32 Å². The fourth-order valence-corrected chi connectivity index (χ4v) is 3.63. The van der Waals surface area contributed by atoms with E-state index < -0.39 is 15.9 Å². The van der Waals surface area contributed by atoms with Crippen LogP contribution in [0.1, 0.15) is 10.4 Å². The van der Waals surface area contributed by atoms with Gasteiger partial charge in [0.05, 0.1) is 16.3 Å². The third-order valence-corrected chi connectivity index (χ3v) is 4.91. The van der Waals surface area contributed by atoms with E-state index in [-0.39, 0.29) is 26.2 Å². The van der Waals surface area contributed by atoms with Gasteiger partial charge < -0.3 is 5.32 Å². The van der Waals surface area contributed by atoms with Crippen molar-refractivity contribution in [3.05, 3.63) is 58.1 Å². The number of carbonyl (C=O) groups excluding carboxylic acids is 1. The van der Waals surface area contributed by atoms with E-state index >= 15 is 0 Å². The maximum absolute atomic E-state index is 12.5. The summed E-state index contributed by atoms with van der Waals surface area (Å²) in [6.45, 7) is 0. The average molecular weight is 359 g/mol. The number of carbonyl (C=O) groups is 1. The van der Waals surface area contributed by atoms with Gasteiger partial charge in [-0.25, -0.2) is 8.42 Å². The Balaban J connectivity index is 2.46. The Morgan fingerprint density at radius 3 is 2.45 bits per heavy atom. The maximum atomic E-state index is 12.5. The van der Waals surface area contributed by atoms with E-state index in [2.05, 4.69) is 10.0 Å². The normalized spacial score (nSPS) is 11.0. The second-order valence-electron chi connectivity index (χ2n) is 4.30. The van der Waals surface area contributed by atoms with E-state index in [0.717, 1.165) is 0 Å². The lowest BCUT2D eigenvalue weighted by Crippen LogP contribution is -2.21. The molecule has 8 heteroatoms. The van der Waals surface area contributed by atoms with Crippen LogP contribution in [0.4, 0.5) is 5.69 Å². The molecule has 2 aromatic rings. The summed E-state index contributed by atoms with van der Waals surface area (Å²) in [4.78, 5) is 11.6. The molecule has 0 aliphatic rings. The highest BCUT2D eigenvalue weighted by molar-refractivity contribution is 7.92. The second-order valence-corrected chi connectivity index (χ2v) is 6.80. The van der Waals surface area contributed by atoms with Gasteiger partial charge in [0, 0.05) is 12.1 Å². The molecule has 2 rings (SSSR count). The Kier molecular flexibility index (Phi) is 4.95. The monoisotopic (exact) mass is 358 g/mol. The van der Waals surface area contributed by atoms with E-state index in [4.69, 9.17) is 23.2 Å². The van der Waals surface area contributed by atoms with Gasteiger partial charge in [0.15, 0.2) is 0 Å². The lowest BCUT2D eigenvalue weighted by Gasteiger charge is -2.12. The summed E-state index contributed by atoms with van der Waals surface area (Å²) in [6, 6.07) is 10.4. The van der Waals surface area contributed by atoms with Crippen LogP contribution < -0.4 is 10.0 Å². The van der Waals surface area contributed by atoms with Gasteiger partial charge in [0.25, 0.3) is 15.9 Å². The van der Waals surface area contributed by atoms with Crippen LogP contribution in [0.15, 0.2) is 47.4 Å². The lowest BCUT2D eigenvalue weighted by molar-refractivity contribution is 0.0964. The molecule has 0 fully saturated rings. The summed E-state index contributed by atoms with van der Waals surface area (Å²) in [5.41, 5.74) is 0.351. The van der Waals surface area contributed by atoms with Crippen molar-refractivity contribution in [3.8, 4) is 0 Å². The zero-order valence-corrected chi connectivity index (χ0v) is 13.8. The van der Waals surface area contributed by atoms with E-state index in [1.165, 1.54) is 37.4 Å². The molecule has 0 unspecified atom stereocenters. The number of amides is 1. The molecule has 0 aliphatic heterocycles. The Bertz CT molecular complexity index is 823. The molecule has 0 bridgehead atoms.